The molecule has 0 unspecified atom stereocenters. The van der Waals surface area contributed by atoms with Gasteiger partial charge in [0.25, 0.3) is 0 Å². The summed E-state index contributed by atoms with van der Waals surface area (Å²) in [6.45, 7) is 2.06. The number of aromatic amines is 1. The first-order chi connectivity index (χ1) is 15.2. The molecule has 1 saturated heterocycles. The maximum absolute atomic E-state index is 13.1. The molecule has 0 atom stereocenters. The van der Waals surface area contributed by atoms with Crippen molar-refractivity contribution in [1.29, 1.82) is 0 Å². The molecule has 1 amide bonds. The van der Waals surface area contributed by atoms with Gasteiger partial charge in [-0.25, -0.2) is 25.9 Å². The van der Waals surface area contributed by atoms with Gasteiger partial charge in [0, 0.05) is 30.1 Å². The molecule has 32 heavy (non-hydrogen) atoms. The highest BCUT2D eigenvalue weighted by molar-refractivity contribution is 7.94. The number of anilines is 1. The van der Waals surface area contributed by atoms with Crippen LogP contribution in [0, 0.1) is 0 Å². The summed E-state index contributed by atoms with van der Waals surface area (Å²) < 4.78 is 59.3. The molecule has 4 rings (SSSR count). The van der Waals surface area contributed by atoms with Crippen molar-refractivity contribution in [2.24, 2.45) is 0 Å². The van der Waals surface area contributed by atoms with Crippen LogP contribution in [0.1, 0.15) is 18.9 Å². The Morgan fingerprint density at radius 1 is 1.19 bits per heavy atom. The van der Waals surface area contributed by atoms with E-state index in [-0.39, 0.29) is 41.7 Å². The molecule has 1 aliphatic heterocycles. The fraction of sp³-hybridized carbons (Fsp3) is 0.286. The van der Waals surface area contributed by atoms with E-state index in [4.69, 9.17) is 4.74 Å². The van der Waals surface area contributed by atoms with Crippen LogP contribution in [0.4, 0.5) is 5.69 Å². The average Bonchev–Trinajstić information content (AvgIpc) is 3.28. The number of H-pyrrole nitrogens is 1. The van der Waals surface area contributed by atoms with Crippen LogP contribution in [0.25, 0.3) is 10.9 Å². The lowest BCUT2D eigenvalue weighted by Gasteiger charge is -2.18. The number of ether oxygens (including phenoxy) is 1. The average molecular weight is 478 g/mol. The second-order valence-electron chi connectivity index (χ2n) is 7.30. The minimum absolute atomic E-state index is 0.0204. The number of aromatic nitrogens is 1. The number of nitrogens with zero attached hydrogens (tertiary/aromatic N) is 1. The Balaban J connectivity index is 1.60. The Labute approximate surface area is 186 Å². The van der Waals surface area contributed by atoms with Gasteiger partial charge in [-0.05, 0) is 43.2 Å². The van der Waals surface area contributed by atoms with Crippen LogP contribution >= 0.6 is 0 Å². The quantitative estimate of drug-likeness (QED) is 0.512. The maximum atomic E-state index is 13.1. The number of benzene rings is 2. The van der Waals surface area contributed by atoms with E-state index in [1.807, 2.05) is 30.5 Å². The molecule has 9 nitrogen and oxygen atoms in total. The van der Waals surface area contributed by atoms with E-state index in [1.165, 1.54) is 18.2 Å². The summed E-state index contributed by atoms with van der Waals surface area (Å²) in [4.78, 5) is 15.1. The van der Waals surface area contributed by atoms with Crippen LogP contribution in [0.5, 0.6) is 5.75 Å². The number of sulfonamides is 2. The SMILES string of the molecule is CCOc1ccc(N2C(=O)CCS2(=O)=O)cc1S(=O)(=O)NCCc1c[nH]c2ccccc12. The van der Waals surface area contributed by atoms with E-state index < -0.39 is 26.0 Å². The highest BCUT2D eigenvalue weighted by Crippen LogP contribution is 2.32. The van der Waals surface area contributed by atoms with Gasteiger partial charge in [0.05, 0.1) is 18.0 Å². The zero-order valence-corrected chi connectivity index (χ0v) is 19.0. The molecule has 2 aromatic carbocycles. The first-order valence-electron chi connectivity index (χ1n) is 10.1. The minimum Gasteiger partial charge on any atom is -0.492 e. The van der Waals surface area contributed by atoms with Crippen LogP contribution in [0.2, 0.25) is 0 Å². The van der Waals surface area contributed by atoms with E-state index in [0.717, 1.165) is 16.5 Å². The fourth-order valence-electron chi connectivity index (χ4n) is 3.71. The highest BCUT2D eigenvalue weighted by atomic mass is 32.2. The van der Waals surface area contributed by atoms with E-state index in [0.29, 0.717) is 10.7 Å². The molecule has 11 heteroatoms. The van der Waals surface area contributed by atoms with E-state index in [9.17, 15) is 21.6 Å². The van der Waals surface area contributed by atoms with Crippen molar-refractivity contribution in [3.05, 3.63) is 54.2 Å². The molecule has 1 aromatic heterocycles. The van der Waals surface area contributed by atoms with Crippen LogP contribution in [-0.4, -0.2) is 46.6 Å². The van der Waals surface area contributed by atoms with Crippen molar-refractivity contribution in [3.8, 4) is 5.75 Å². The van der Waals surface area contributed by atoms with Gasteiger partial charge in [-0.15, -0.1) is 0 Å². The predicted octanol–water partition coefficient (Wildman–Crippen LogP) is 2.15. The fourth-order valence-corrected chi connectivity index (χ4v) is 6.36. The number of carbonyl (C=O) groups is 1. The molecule has 0 saturated carbocycles. The third-order valence-corrected chi connectivity index (χ3v) is 8.36. The number of fused-ring (bicyclic) bond motifs is 1. The lowest BCUT2D eigenvalue weighted by molar-refractivity contribution is -0.116. The van der Waals surface area contributed by atoms with Gasteiger partial charge in [0.15, 0.2) is 0 Å². The lowest BCUT2D eigenvalue weighted by Crippen LogP contribution is -2.30. The molecule has 1 aliphatic rings. The van der Waals surface area contributed by atoms with Crippen LogP contribution in [-0.2, 0) is 31.3 Å². The van der Waals surface area contributed by atoms with Gasteiger partial charge >= 0.3 is 0 Å². The summed E-state index contributed by atoms with van der Waals surface area (Å²) in [5, 5.41) is 1.02. The summed E-state index contributed by atoms with van der Waals surface area (Å²) >= 11 is 0. The molecule has 0 radical (unpaired) electrons. The molecular formula is C21H23N3O6S2. The summed E-state index contributed by atoms with van der Waals surface area (Å²) in [6.07, 6.45) is 2.15. The summed E-state index contributed by atoms with van der Waals surface area (Å²) in [7, 11) is -7.86. The Morgan fingerprint density at radius 2 is 1.97 bits per heavy atom. The topological polar surface area (TPSA) is 126 Å². The van der Waals surface area contributed by atoms with Crippen molar-refractivity contribution >= 4 is 42.5 Å². The van der Waals surface area contributed by atoms with E-state index in [1.54, 1.807) is 6.92 Å². The Kier molecular flexibility index (Phi) is 5.97. The molecule has 3 aromatic rings. The highest BCUT2D eigenvalue weighted by Gasteiger charge is 2.37. The van der Waals surface area contributed by atoms with Gasteiger partial charge in [-0.2, -0.15) is 0 Å². The van der Waals surface area contributed by atoms with Gasteiger partial charge in [0.1, 0.15) is 10.6 Å². The predicted molar refractivity (Wildman–Crippen MR) is 121 cm³/mol. The first-order valence-corrected chi connectivity index (χ1v) is 13.2. The Bertz CT molecular complexity index is 1380. The van der Waals surface area contributed by atoms with E-state index in [2.05, 4.69) is 9.71 Å². The number of para-hydroxylation sites is 1. The molecule has 0 aliphatic carbocycles. The number of rotatable bonds is 8. The second kappa shape index (κ2) is 8.57. The standard InChI is InChI=1S/C21H23N3O6S2/c1-2-30-19-8-7-16(24-21(25)10-12-31(24,26)27)13-20(19)32(28,29)23-11-9-15-14-22-18-6-4-3-5-17(15)18/h3-8,13-14,22-23H,2,9-12H2,1H3. The largest absolute Gasteiger partial charge is 0.492 e. The van der Waals surface area contributed by atoms with Crippen molar-refractivity contribution in [3.63, 3.8) is 0 Å². The lowest BCUT2D eigenvalue weighted by atomic mass is 10.1. The number of carbonyl (C=O) groups excluding carboxylic acids is 1. The molecular weight excluding hydrogens is 454 g/mol. The maximum Gasteiger partial charge on any atom is 0.244 e. The van der Waals surface area contributed by atoms with Crippen LogP contribution < -0.4 is 13.8 Å². The zero-order valence-electron chi connectivity index (χ0n) is 17.4. The Hall–Kier alpha value is -2.89. The van der Waals surface area contributed by atoms with Crippen molar-refractivity contribution in [2.45, 2.75) is 24.7 Å². The minimum atomic E-state index is -4.04. The Morgan fingerprint density at radius 3 is 2.69 bits per heavy atom. The number of hydrogen-bond donors (Lipinski definition) is 2. The normalized spacial score (nSPS) is 16.0. The van der Waals surface area contributed by atoms with Crippen molar-refractivity contribution < 1.29 is 26.4 Å². The van der Waals surface area contributed by atoms with Gasteiger partial charge in [0.2, 0.25) is 26.0 Å². The number of amides is 1. The van der Waals surface area contributed by atoms with Crippen molar-refractivity contribution in [1.82, 2.24) is 9.71 Å². The third kappa shape index (κ3) is 4.23. The summed E-state index contributed by atoms with van der Waals surface area (Å²) in [5.41, 5.74) is 1.91. The van der Waals surface area contributed by atoms with Crippen LogP contribution in [0.3, 0.4) is 0 Å². The van der Waals surface area contributed by atoms with Gasteiger partial charge < -0.3 is 9.72 Å². The molecule has 1 fully saturated rings. The first kappa shape index (κ1) is 22.3. The molecule has 0 spiro atoms. The summed E-state index contributed by atoms with van der Waals surface area (Å²) in [5.74, 6) is -0.811. The second-order valence-corrected chi connectivity index (χ2v) is 11.0. The van der Waals surface area contributed by atoms with Gasteiger partial charge in [-0.1, -0.05) is 18.2 Å². The van der Waals surface area contributed by atoms with Crippen LogP contribution in [0.15, 0.2) is 53.6 Å². The molecule has 0 bridgehead atoms. The summed E-state index contributed by atoms with van der Waals surface area (Å²) in [6, 6.07) is 11.6. The molecule has 170 valence electrons. The van der Waals surface area contributed by atoms with Crippen molar-refractivity contribution in [2.75, 3.05) is 23.2 Å². The third-order valence-electron chi connectivity index (χ3n) is 5.19. The molecule has 2 N–H and O–H groups in total. The van der Waals surface area contributed by atoms with Gasteiger partial charge in [-0.3, -0.25) is 4.79 Å². The monoisotopic (exact) mass is 477 g/mol. The smallest absolute Gasteiger partial charge is 0.244 e. The molecule has 2 heterocycles. The number of nitrogens with one attached hydrogen (secondary N) is 2. The zero-order chi connectivity index (χ0) is 22.9. The van der Waals surface area contributed by atoms with E-state index >= 15 is 0 Å². The number of hydrogen-bond acceptors (Lipinski definition) is 6.